The number of aromatic nitrogens is 1. The molecule has 1 aromatic heterocycles. The summed E-state index contributed by atoms with van der Waals surface area (Å²) in [6.45, 7) is 2.19. The van der Waals surface area contributed by atoms with E-state index in [1.165, 1.54) is 11.3 Å². The molecule has 10 atom stereocenters. The van der Waals surface area contributed by atoms with Gasteiger partial charge in [0.05, 0.1) is 24.3 Å². The van der Waals surface area contributed by atoms with E-state index in [-0.39, 0.29) is 13.0 Å². The number of hydrogen-bond donors (Lipinski definition) is 7. The van der Waals surface area contributed by atoms with Gasteiger partial charge in [-0.3, -0.25) is 0 Å². The largest absolute Gasteiger partial charge is 0.390 e. The molecule has 1 aliphatic carbocycles. The predicted molar refractivity (Wildman–Crippen MR) is 110 cm³/mol. The smallest absolute Gasteiger partial charge is 0.249 e. The molecule has 0 bridgehead atoms. The Morgan fingerprint density at radius 2 is 1.87 bits per heavy atom. The zero-order chi connectivity index (χ0) is 22.4. The standard InChI is InChI=1S/C19H32N4O7S/c1-9-6-18(26,8-22-7-10-23-4-5-31-10)19(27)17(28-9)29-16-14(25)11(20-2)13(24)12(21-3)15(16)30-19/h4-5,9,11-17,20-22,24-27H,6-8H2,1-3H3. The van der Waals surface area contributed by atoms with Gasteiger partial charge in [-0.25, -0.2) is 4.98 Å². The van der Waals surface area contributed by atoms with E-state index in [2.05, 4.69) is 20.9 Å². The SMILES string of the molecule is CNC1C(O)C(NC)C2OC3(O)C(OC(C)CC3(O)CNCc3nccs3)OC2C1O. The van der Waals surface area contributed by atoms with Crippen molar-refractivity contribution in [2.24, 2.45) is 0 Å². The summed E-state index contributed by atoms with van der Waals surface area (Å²) in [5.74, 6) is -2.21. The minimum Gasteiger partial charge on any atom is -0.390 e. The summed E-state index contributed by atoms with van der Waals surface area (Å²) in [5.41, 5.74) is -1.74. The lowest BCUT2D eigenvalue weighted by Crippen LogP contribution is -2.81. The normalized spacial score (nSPS) is 47.6. The molecule has 0 amide bonds. The predicted octanol–water partition coefficient (Wildman–Crippen LogP) is -2.52. The van der Waals surface area contributed by atoms with Crippen LogP contribution < -0.4 is 16.0 Å². The van der Waals surface area contributed by atoms with Gasteiger partial charge in [0, 0.05) is 31.1 Å². The van der Waals surface area contributed by atoms with Gasteiger partial charge in [0.1, 0.15) is 28.9 Å². The number of aliphatic hydroxyl groups excluding tert-OH is 2. The number of ether oxygens (including phenoxy) is 3. The van der Waals surface area contributed by atoms with Crippen molar-refractivity contribution in [3.05, 3.63) is 16.6 Å². The van der Waals surface area contributed by atoms with Crippen molar-refractivity contribution >= 4 is 11.3 Å². The van der Waals surface area contributed by atoms with E-state index in [1.807, 2.05) is 5.38 Å². The number of thiazole rings is 1. The van der Waals surface area contributed by atoms with Gasteiger partial charge < -0.3 is 50.6 Å². The van der Waals surface area contributed by atoms with E-state index < -0.39 is 60.3 Å². The van der Waals surface area contributed by atoms with Crippen molar-refractivity contribution in [2.75, 3.05) is 20.6 Å². The highest BCUT2D eigenvalue weighted by Gasteiger charge is 2.68. The second kappa shape index (κ2) is 8.88. The second-order valence-corrected chi connectivity index (χ2v) is 9.51. The van der Waals surface area contributed by atoms with E-state index in [9.17, 15) is 20.4 Å². The minimum atomic E-state index is -2.21. The lowest BCUT2D eigenvalue weighted by molar-refractivity contribution is -0.482. The molecule has 3 aliphatic rings. The number of likely N-dealkylation sites (N-methyl/N-ethyl adjacent to an activating group) is 2. The molecule has 3 fully saturated rings. The molecule has 1 saturated carbocycles. The van der Waals surface area contributed by atoms with Crippen LogP contribution in [0.3, 0.4) is 0 Å². The van der Waals surface area contributed by atoms with Gasteiger partial charge in [0.25, 0.3) is 0 Å². The van der Waals surface area contributed by atoms with Crippen LogP contribution in [0.1, 0.15) is 18.4 Å². The summed E-state index contributed by atoms with van der Waals surface area (Å²) in [5, 5.41) is 56.3. The molecule has 2 saturated heterocycles. The lowest BCUT2D eigenvalue weighted by Gasteiger charge is -2.60. The third kappa shape index (κ3) is 3.93. The molecule has 4 rings (SSSR count). The van der Waals surface area contributed by atoms with Crippen LogP contribution in [0.2, 0.25) is 0 Å². The molecule has 0 aromatic carbocycles. The third-order valence-corrected chi connectivity index (χ3v) is 7.31. The highest BCUT2D eigenvalue weighted by molar-refractivity contribution is 7.09. The maximum atomic E-state index is 11.6. The number of rotatable bonds is 6. The van der Waals surface area contributed by atoms with Crippen LogP contribution >= 0.6 is 11.3 Å². The number of hydrogen-bond acceptors (Lipinski definition) is 12. The Hall–Kier alpha value is -0.770. The average molecular weight is 461 g/mol. The molecule has 2 aliphatic heterocycles. The maximum Gasteiger partial charge on any atom is 0.249 e. The fraction of sp³-hybridized carbons (Fsp3) is 0.842. The molecule has 3 heterocycles. The van der Waals surface area contributed by atoms with Crippen molar-refractivity contribution in [2.45, 2.75) is 80.2 Å². The molecule has 10 unspecified atom stereocenters. The van der Waals surface area contributed by atoms with Crippen LogP contribution in [-0.2, 0) is 20.8 Å². The fourth-order valence-electron chi connectivity index (χ4n) is 4.95. The minimum absolute atomic E-state index is 0.00247. The third-order valence-electron chi connectivity index (χ3n) is 6.53. The molecule has 1 aromatic rings. The molecule has 0 radical (unpaired) electrons. The highest BCUT2D eigenvalue weighted by Crippen LogP contribution is 2.46. The first-order chi connectivity index (χ1) is 14.7. The van der Waals surface area contributed by atoms with Crippen LogP contribution in [-0.4, -0.2) is 106 Å². The Bertz CT molecular complexity index is 745. The quantitative estimate of drug-likeness (QED) is 0.240. The van der Waals surface area contributed by atoms with Gasteiger partial charge in [-0.05, 0) is 21.0 Å². The monoisotopic (exact) mass is 460 g/mol. The maximum absolute atomic E-state index is 11.6. The van der Waals surface area contributed by atoms with E-state index in [0.717, 1.165) is 5.01 Å². The van der Waals surface area contributed by atoms with E-state index in [1.54, 1.807) is 27.2 Å². The van der Waals surface area contributed by atoms with Gasteiger partial charge in [-0.15, -0.1) is 11.3 Å². The van der Waals surface area contributed by atoms with Crippen LogP contribution in [0.5, 0.6) is 0 Å². The molecule has 7 N–H and O–H groups in total. The van der Waals surface area contributed by atoms with Crippen molar-refractivity contribution in [1.29, 1.82) is 0 Å². The lowest BCUT2D eigenvalue weighted by atomic mass is 9.77. The highest BCUT2D eigenvalue weighted by atomic mass is 32.1. The summed E-state index contributed by atoms with van der Waals surface area (Å²) in [4.78, 5) is 4.20. The Morgan fingerprint density at radius 3 is 2.52 bits per heavy atom. The van der Waals surface area contributed by atoms with Crippen LogP contribution in [0.25, 0.3) is 0 Å². The number of nitrogens with zero attached hydrogens (tertiary/aromatic N) is 1. The first-order valence-electron chi connectivity index (χ1n) is 10.5. The first-order valence-corrected chi connectivity index (χ1v) is 11.4. The topological polar surface area (TPSA) is 158 Å². The Labute approximate surface area is 184 Å². The first kappa shape index (κ1) is 23.4. The zero-order valence-corrected chi connectivity index (χ0v) is 18.6. The second-order valence-electron chi connectivity index (χ2n) is 8.53. The van der Waals surface area contributed by atoms with E-state index in [0.29, 0.717) is 6.54 Å². The van der Waals surface area contributed by atoms with Gasteiger partial charge in [-0.1, -0.05) is 0 Å². The van der Waals surface area contributed by atoms with Gasteiger partial charge in [-0.2, -0.15) is 0 Å². The van der Waals surface area contributed by atoms with E-state index in [4.69, 9.17) is 14.2 Å². The zero-order valence-electron chi connectivity index (χ0n) is 17.8. The summed E-state index contributed by atoms with van der Waals surface area (Å²) in [6, 6.07) is -1.34. The van der Waals surface area contributed by atoms with Crippen LogP contribution in [0.15, 0.2) is 11.6 Å². The van der Waals surface area contributed by atoms with Crippen molar-refractivity contribution in [3.63, 3.8) is 0 Å². The van der Waals surface area contributed by atoms with Crippen molar-refractivity contribution < 1.29 is 34.6 Å². The Balaban J connectivity index is 1.58. The summed E-state index contributed by atoms with van der Waals surface area (Å²) >= 11 is 1.48. The number of nitrogens with one attached hydrogen (secondary N) is 3. The van der Waals surface area contributed by atoms with Crippen LogP contribution in [0, 0.1) is 0 Å². The summed E-state index contributed by atoms with van der Waals surface area (Å²) in [6.07, 6.45) is -3.90. The summed E-state index contributed by atoms with van der Waals surface area (Å²) in [7, 11) is 3.28. The average Bonchev–Trinajstić information content (AvgIpc) is 3.22. The Kier molecular flexibility index (Phi) is 6.70. The molecule has 0 spiro atoms. The molecule has 176 valence electrons. The molecular formula is C19H32N4O7S. The number of fused-ring (bicyclic) bond motifs is 2. The van der Waals surface area contributed by atoms with Gasteiger partial charge in [0.2, 0.25) is 12.1 Å². The molecule has 11 nitrogen and oxygen atoms in total. The van der Waals surface area contributed by atoms with Gasteiger partial charge >= 0.3 is 0 Å². The van der Waals surface area contributed by atoms with Crippen molar-refractivity contribution in [3.8, 4) is 0 Å². The molecule has 12 heteroatoms. The Morgan fingerprint density at radius 1 is 1.13 bits per heavy atom. The molecular weight excluding hydrogens is 428 g/mol. The van der Waals surface area contributed by atoms with Crippen LogP contribution in [0.4, 0.5) is 0 Å². The number of aliphatic hydroxyl groups is 4. The fourth-order valence-corrected chi connectivity index (χ4v) is 5.53. The van der Waals surface area contributed by atoms with Gasteiger partial charge in [0.15, 0.2) is 0 Å². The molecule has 31 heavy (non-hydrogen) atoms. The summed E-state index contributed by atoms with van der Waals surface area (Å²) < 4.78 is 17.9. The van der Waals surface area contributed by atoms with E-state index >= 15 is 0 Å². The van der Waals surface area contributed by atoms with Crippen molar-refractivity contribution in [1.82, 2.24) is 20.9 Å².